The van der Waals surface area contributed by atoms with E-state index >= 15 is 0 Å². The van der Waals surface area contributed by atoms with Gasteiger partial charge in [-0.3, -0.25) is 4.68 Å². The van der Waals surface area contributed by atoms with Crippen molar-refractivity contribution < 1.29 is 4.74 Å². The van der Waals surface area contributed by atoms with Crippen molar-refractivity contribution in [2.45, 2.75) is 64.5 Å². The van der Waals surface area contributed by atoms with Crippen molar-refractivity contribution in [2.75, 3.05) is 14.2 Å². The van der Waals surface area contributed by atoms with Gasteiger partial charge in [0.1, 0.15) is 0 Å². The van der Waals surface area contributed by atoms with E-state index in [9.17, 15) is 0 Å². The molecule has 4 nitrogen and oxygen atoms in total. The van der Waals surface area contributed by atoms with Gasteiger partial charge in [-0.25, -0.2) is 0 Å². The number of hydrogen-bond donors (Lipinski definition) is 1. The fourth-order valence-corrected chi connectivity index (χ4v) is 3.40. The first kappa shape index (κ1) is 15.4. The van der Waals surface area contributed by atoms with Crippen molar-refractivity contribution in [1.29, 1.82) is 0 Å². The Kier molecular flexibility index (Phi) is 5.89. The molecule has 1 aromatic heterocycles. The molecule has 0 bridgehead atoms. The van der Waals surface area contributed by atoms with Gasteiger partial charge < -0.3 is 10.1 Å². The van der Waals surface area contributed by atoms with Gasteiger partial charge in [-0.2, -0.15) is 5.10 Å². The summed E-state index contributed by atoms with van der Waals surface area (Å²) in [5.74, 6) is 1.77. The number of rotatable bonds is 7. The van der Waals surface area contributed by atoms with Crippen LogP contribution >= 0.6 is 0 Å². The minimum atomic E-state index is 0.349. The first-order chi connectivity index (χ1) is 9.80. The third-order valence-corrected chi connectivity index (χ3v) is 4.47. The molecule has 1 aromatic rings. The van der Waals surface area contributed by atoms with E-state index in [4.69, 9.17) is 4.74 Å². The third kappa shape index (κ3) is 3.54. The van der Waals surface area contributed by atoms with Gasteiger partial charge in [0.05, 0.1) is 25.0 Å². The summed E-state index contributed by atoms with van der Waals surface area (Å²) in [6.07, 6.45) is 11.1. The Hall–Kier alpha value is -1.03. The van der Waals surface area contributed by atoms with Crippen molar-refractivity contribution in [3.05, 3.63) is 11.9 Å². The molecule has 4 heteroatoms. The van der Waals surface area contributed by atoms with Crippen LogP contribution in [-0.2, 0) is 6.54 Å². The second kappa shape index (κ2) is 7.67. The maximum absolute atomic E-state index is 5.52. The van der Waals surface area contributed by atoms with E-state index in [0.717, 1.165) is 24.6 Å². The largest absolute Gasteiger partial charge is 0.493 e. The number of aryl methyl sites for hydroxylation is 1. The van der Waals surface area contributed by atoms with Gasteiger partial charge in [0.2, 0.25) is 0 Å². The molecule has 0 spiro atoms. The monoisotopic (exact) mass is 279 g/mol. The van der Waals surface area contributed by atoms with Crippen LogP contribution in [0.1, 0.15) is 63.6 Å². The molecule has 0 aromatic carbocycles. The number of ether oxygens (including phenoxy) is 1. The van der Waals surface area contributed by atoms with Gasteiger partial charge in [0.25, 0.3) is 0 Å². The van der Waals surface area contributed by atoms with E-state index < -0.39 is 0 Å². The number of nitrogens with one attached hydrogen (secondary N) is 1. The molecule has 1 fully saturated rings. The van der Waals surface area contributed by atoms with Crippen LogP contribution in [0.15, 0.2) is 6.20 Å². The smallest absolute Gasteiger partial charge is 0.161 e. The molecule has 20 heavy (non-hydrogen) atoms. The van der Waals surface area contributed by atoms with Crippen molar-refractivity contribution in [3.8, 4) is 5.75 Å². The molecule has 0 amide bonds. The van der Waals surface area contributed by atoms with E-state index in [1.54, 1.807) is 7.11 Å². The summed E-state index contributed by atoms with van der Waals surface area (Å²) in [6.45, 7) is 3.15. The van der Waals surface area contributed by atoms with Crippen molar-refractivity contribution >= 4 is 0 Å². The molecule has 2 rings (SSSR count). The molecule has 1 heterocycles. The maximum Gasteiger partial charge on any atom is 0.161 e. The third-order valence-electron chi connectivity index (χ3n) is 4.47. The predicted molar refractivity (Wildman–Crippen MR) is 82.1 cm³/mol. The van der Waals surface area contributed by atoms with Crippen LogP contribution in [0, 0.1) is 5.92 Å². The second-order valence-electron chi connectivity index (χ2n) is 5.90. The zero-order valence-corrected chi connectivity index (χ0v) is 13.2. The lowest BCUT2D eigenvalue weighted by Crippen LogP contribution is -2.24. The summed E-state index contributed by atoms with van der Waals surface area (Å²) in [5.41, 5.74) is 1.22. The molecular formula is C16H29N3O. The Morgan fingerprint density at radius 3 is 2.75 bits per heavy atom. The average molecular weight is 279 g/mol. The van der Waals surface area contributed by atoms with E-state index in [0.29, 0.717) is 6.04 Å². The summed E-state index contributed by atoms with van der Waals surface area (Å²) in [5, 5.41) is 7.97. The van der Waals surface area contributed by atoms with E-state index in [1.165, 1.54) is 44.2 Å². The van der Waals surface area contributed by atoms with E-state index in [-0.39, 0.29) is 0 Å². The van der Waals surface area contributed by atoms with Gasteiger partial charge >= 0.3 is 0 Å². The summed E-state index contributed by atoms with van der Waals surface area (Å²) < 4.78 is 7.63. The van der Waals surface area contributed by atoms with E-state index in [2.05, 4.69) is 29.1 Å². The minimum Gasteiger partial charge on any atom is -0.493 e. The lowest BCUT2D eigenvalue weighted by Gasteiger charge is -2.27. The van der Waals surface area contributed by atoms with Crippen molar-refractivity contribution in [3.63, 3.8) is 0 Å². The first-order valence-electron chi connectivity index (χ1n) is 8.07. The SMILES string of the molecule is CCCn1ncc(OC)c1C(CC1CCCCC1)NC. The van der Waals surface area contributed by atoms with Crippen LogP contribution < -0.4 is 10.1 Å². The number of hydrogen-bond acceptors (Lipinski definition) is 3. The molecule has 1 unspecified atom stereocenters. The summed E-state index contributed by atoms with van der Waals surface area (Å²) in [6, 6.07) is 0.349. The molecule has 1 aliphatic rings. The first-order valence-corrected chi connectivity index (χ1v) is 8.07. The molecular weight excluding hydrogens is 250 g/mol. The topological polar surface area (TPSA) is 39.1 Å². The van der Waals surface area contributed by atoms with Crippen LogP contribution in [0.4, 0.5) is 0 Å². The van der Waals surface area contributed by atoms with Gasteiger partial charge in [0, 0.05) is 6.54 Å². The van der Waals surface area contributed by atoms with Crippen LogP contribution in [-0.4, -0.2) is 23.9 Å². The van der Waals surface area contributed by atoms with E-state index in [1.807, 2.05) is 6.20 Å². The second-order valence-corrected chi connectivity index (χ2v) is 5.90. The molecule has 1 N–H and O–H groups in total. The van der Waals surface area contributed by atoms with Crippen LogP contribution in [0.25, 0.3) is 0 Å². The highest BCUT2D eigenvalue weighted by molar-refractivity contribution is 5.28. The molecule has 0 saturated heterocycles. The van der Waals surface area contributed by atoms with Crippen LogP contribution in [0.5, 0.6) is 5.75 Å². The number of aromatic nitrogens is 2. The summed E-state index contributed by atoms with van der Waals surface area (Å²) in [7, 11) is 3.79. The highest BCUT2D eigenvalue weighted by atomic mass is 16.5. The molecule has 114 valence electrons. The fraction of sp³-hybridized carbons (Fsp3) is 0.812. The van der Waals surface area contributed by atoms with Crippen molar-refractivity contribution in [2.24, 2.45) is 5.92 Å². The zero-order valence-electron chi connectivity index (χ0n) is 13.2. The number of methoxy groups -OCH3 is 1. The lowest BCUT2D eigenvalue weighted by molar-refractivity contribution is 0.294. The average Bonchev–Trinajstić information content (AvgIpc) is 2.89. The fourth-order valence-electron chi connectivity index (χ4n) is 3.40. The highest BCUT2D eigenvalue weighted by Crippen LogP contribution is 2.34. The quantitative estimate of drug-likeness (QED) is 0.830. The summed E-state index contributed by atoms with van der Waals surface area (Å²) in [4.78, 5) is 0. The zero-order chi connectivity index (χ0) is 14.4. The van der Waals surface area contributed by atoms with Gasteiger partial charge in [0.15, 0.2) is 5.75 Å². The summed E-state index contributed by atoms with van der Waals surface area (Å²) >= 11 is 0. The minimum absolute atomic E-state index is 0.349. The Morgan fingerprint density at radius 2 is 2.15 bits per heavy atom. The van der Waals surface area contributed by atoms with Gasteiger partial charge in [-0.05, 0) is 25.8 Å². The molecule has 0 radical (unpaired) electrons. The molecule has 1 saturated carbocycles. The lowest BCUT2D eigenvalue weighted by atomic mass is 9.84. The van der Waals surface area contributed by atoms with Crippen LogP contribution in [0.2, 0.25) is 0 Å². The number of nitrogens with zero attached hydrogens (tertiary/aromatic N) is 2. The highest BCUT2D eigenvalue weighted by Gasteiger charge is 2.24. The maximum atomic E-state index is 5.52. The molecule has 1 atom stereocenters. The Balaban J connectivity index is 2.14. The predicted octanol–water partition coefficient (Wildman–Crippen LogP) is 3.53. The van der Waals surface area contributed by atoms with Crippen LogP contribution in [0.3, 0.4) is 0 Å². The van der Waals surface area contributed by atoms with Crippen molar-refractivity contribution in [1.82, 2.24) is 15.1 Å². The standard InChI is InChI=1S/C16H29N3O/c1-4-10-19-16(15(20-3)12-18-19)14(17-2)11-13-8-6-5-7-9-13/h12-14,17H,4-11H2,1-3H3. The Bertz CT molecular complexity index is 396. The molecule has 0 aliphatic heterocycles. The normalized spacial score (nSPS) is 18.1. The van der Waals surface area contributed by atoms with Gasteiger partial charge in [-0.15, -0.1) is 0 Å². The van der Waals surface area contributed by atoms with Gasteiger partial charge in [-0.1, -0.05) is 39.0 Å². The molecule has 1 aliphatic carbocycles. The Morgan fingerprint density at radius 1 is 1.40 bits per heavy atom. The Labute approximate surface area is 122 Å².